The standard InChI is InChI=1S/C16H14BBr2FN2O5/c1-6-2-3-7(20)4-8(6)14(23)11-9(18)5-10(13(21)12(11)19)22-16(26,27)15(17,24)25/h2-5,22,24-27H,21H2,1H3. The van der Waals surface area contributed by atoms with Crippen LogP contribution >= 0.6 is 31.9 Å². The Morgan fingerprint density at radius 2 is 1.81 bits per heavy atom. The summed E-state index contributed by atoms with van der Waals surface area (Å²) < 4.78 is 13.8. The number of hydrogen-bond donors (Lipinski definition) is 6. The first-order chi connectivity index (χ1) is 12.3. The molecule has 7 N–H and O–H groups in total. The normalized spacial score (nSPS) is 12.1. The minimum Gasteiger partial charge on any atom is -0.396 e. The van der Waals surface area contributed by atoms with Gasteiger partial charge in [0, 0.05) is 10.0 Å². The molecular formula is C16H14BBr2FN2O5. The van der Waals surface area contributed by atoms with Crippen molar-refractivity contribution in [2.24, 2.45) is 0 Å². The number of aliphatic hydroxyl groups is 4. The average molecular weight is 504 g/mol. The lowest BCUT2D eigenvalue weighted by Gasteiger charge is -2.34. The van der Waals surface area contributed by atoms with E-state index in [0.717, 1.165) is 6.07 Å². The van der Waals surface area contributed by atoms with Crippen molar-refractivity contribution in [2.75, 3.05) is 11.1 Å². The second-order valence-corrected chi connectivity index (χ2v) is 7.47. The number of nitrogen functional groups attached to an aromatic ring is 1. The number of nitrogens with one attached hydrogen (secondary N) is 1. The fourth-order valence-corrected chi connectivity index (χ4v) is 3.68. The molecule has 0 unspecified atom stereocenters. The Kier molecular flexibility index (Phi) is 6.05. The number of carbonyl (C=O) groups is 1. The molecule has 0 saturated heterocycles. The van der Waals surface area contributed by atoms with E-state index in [9.17, 15) is 29.6 Å². The highest BCUT2D eigenvalue weighted by atomic mass is 79.9. The van der Waals surface area contributed by atoms with Crippen LogP contribution in [0.3, 0.4) is 0 Å². The van der Waals surface area contributed by atoms with Crippen LogP contribution in [0.25, 0.3) is 0 Å². The summed E-state index contributed by atoms with van der Waals surface area (Å²) in [4.78, 5) is 12.9. The van der Waals surface area contributed by atoms with Crippen molar-refractivity contribution >= 4 is 56.9 Å². The summed E-state index contributed by atoms with van der Waals surface area (Å²) in [6, 6.07) is 4.97. The van der Waals surface area contributed by atoms with E-state index in [1.54, 1.807) is 6.92 Å². The zero-order valence-electron chi connectivity index (χ0n) is 13.8. The van der Waals surface area contributed by atoms with Crippen LogP contribution < -0.4 is 11.1 Å². The van der Waals surface area contributed by atoms with Gasteiger partial charge in [0.15, 0.2) is 19.3 Å². The summed E-state index contributed by atoms with van der Waals surface area (Å²) in [7, 11) is 4.87. The molecule has 0 bridgehead atoms. The van der Waals surface area contributed by atoms with E-state index < -0.39 is 23.2 Å². The minimum absolute atomic E-state index is 0.0558. The Balaban J connectivity index is 2.55. The third kappa shape index (κ3) is 4.34. The Morgan fingerprint density at radius 3 is 2.37 bits per heavy atom. The molecule has 7 nitrogen and oxygen atoms in total. The molecule has 2 aromatic rings. The molecule has 11 heteroatoms. The van der Waals surface area contributed by atoms with E-state index in [4.69, 9.17) is 13.6 Å². The van der Waals surface area contributed by atoms with Crippen molar-refractivity contribution < 1.29 is 29.6 Å². The molecule has 2 radical (unpaired) electrons. The predicted molar refractivity (Wildman–Crippen MR) is 105 cm³/mol. The van der Waals surface area contributed by atoms with Crippen molar-refractivity contribution in [1.29, 1.82) is 0 Å². The van der Waals surface area contributed by atoms with Crippen LogP contribution in [0.1, 0.15) is 21.5 Å². The smallest absolute Gasteiger partial charge is 0.290 e. The second kappa shape index (κ2) is 7.49. The highest BCUT2D eigenvalue weighted by molar-refractivity contribution is 9.11. The van der Waals surface area contributed by atoms with Crippen LogP contribution in [0.15, 0.2) is 33.2 Å². The fourth-order valence-electron chi connectivity index (χ4n) is 2.20. The Bertz CT molecular complexity index is 919. The molecule has 0 aliphatic heterocycles. The molecule has 0 aromatic heterocycles. The highest BCUT2D eigenvalue weighted by Gasteiger charge is 2.43. The topological polar surface area (TPSA) is 136 Å². The second-order valence-electron chi connectivity index (χ2n) is 5.82. The Hall–Kier alpha value is -1.50. The van der Waals surface area contributed by atoms with Gasteiger partial charge in [-0.3, -0.25) is 4.79 Å². The first-order valence-electron chi connectivity index (χ1n) is 7.31. The van der Waals surface area contributed by atoms with Gasteiger partial charge in [0.1, 0.15) is 5.82 Å². The third-order valence-corrected chi connectivity index (χ3v) is 5.20. The van der Waals surface area contributed by atoms with E-state index in [1.807, 2.05) is 5.32 Å². The quantitative estimate of drug-likeness (QED) is 0.157. The fraction of sp³-hybridized carbons (Fsp3) is 0.188. The number of ketones is 1. The predicted octanol–water partition coefficient (Wildman–Crippen LogP) is 1.33. The largest absolute Gasteiger partial charge is 0.396 e. The molecule has 27 heavy (non-hydrogen) atoms. The molecule has 0 aliphatic rings. The number of rotatable bonds is 5. The number of nitrogens with two attached hydrogens (primary N) is 1. The van der Waals surface area contributed by atoms with E-state index in [0.29, 0.717) is 5.56 Å². The van der Waals surface area contributed by atoms with Crippen LogP contribution in [-0.2, 0) is 0 Å². The van der Waals surface area contributed by atoms with Crippen LogP contribution in [0.5, 0.6) is 0 Å². The molecule has 0 heterocycles. The number of anilines is 2. The van der Waals surface area contributed by atoms with Gasteiger partial charge in [-0.1, -0.05) is 6.07 Å². The van der Waals surface area contributed by atoms with E-state index in [1.165, 1.54) is 18.2 Å². The van der Waals surface area contributed by atoms with Gasteiger partial charge in [-0.05, 0) is 62.5 Å². The number of hydrogen-bond acceptors (Lipinski definition) is 7. The minimum atomic E-state index is -3.41. The Labute approximate surface area is 171 Å². The van der Waals surface area contributed by atoms with Crippen LogP contribution in [0, 0.1) is 12.7 Å². The molecule has 2 rings (SSSR count). The van der Waals surface area contributed by atoms with E-state index >= 15 is 0 Å². The maximum Gasteiger partial charge on any atom is 0.290 e. The van der Waals surface area contributed by atoms with Gasteiger partial charge in [0.05, 0.1) is 21.4 Å². The molecule has 142 valence electrons. The average Bonchev–Trinajstić information content (AvgIpc) is 2.53. The highest BCUT2D eigenvalue weighted by Crippen LogP contribution is 2.39. The maximum atomic E-state index is 13.5. The molecule has 0 aliphatic carbocycles. The lowest BCUT2D eigenvalue weighted by Crippen LogP contribution is -2.60. The summed E-state index contributed by atoms with van der Waals surface area (Å²) in [5, 5.41) is 39.7. The summed E-state index contributed by atoms with van der Waals surface area (Å²) in [5.41, 5.74) is 2.87. The number of carbonyl (C=O) groups excluding carboxylic acids is 1. The van der Waals surface area contributed by atoms with Crippen LogP contribution in [-0.4, -0.2) is 45.7 Å². The van der Waals surface area contributed by atoms with Gasteiger partial charge in [0.2, 0.25) is 0 Å². The summed E-state index contributed by atoms with van der Waals surface area (Å²) in [6.07, 6.45) is 0. The van der Waals surface area contributed by atoms with Crippen molar-refractivity contribution in [2.45, 2.75) is 18.5 Å². The van der Waals surface area contributed by atoms with Gasteiger partial charge >= 0.3 is 0 Å². The molecule has 0 saturated carbocycles. The van der Waals surface area contributed by atoms with Crippen molar-refractivity contribution in [1.82, 2.24) is 0 Å². The lowest BCUT2D eigenvalue weighted by atomic mass is 9.90. The number of halogens is 3. The van der Waals surface area contributed by atoms with E-state index in [2.05, 4.69) is 31.9 Å². The Morgan fingerprint density at radius 1 is 1.22 bits per heavy atom. The monoisotopic (exact) mass is 502 g/mol. The zero-order chi connectivity index (χ0) is 20.7. The maximum absolute atomic E-state index is 13.5. The van der Waals surface area contributed by atoms with Crippen molar-refractivity contribution in [3.63, 3.8) is 0 Å². The molecule has 0 spiro atoms. The molecule has 2 aromatic carbocycles. The number of aryl methyl sites for hydroxylation is 1. The van der Waals surface area contributed by atoms with Gasteiger partial charge in [-0.2, -0.15) is 0 Å². The van der Waals surface area contributed by atoms with Crippen LogP contribution in [0.2, 0.25) is 0 Å². The summed E-state index contributed by atoms with van der Waals surface area (Å²) in [5.74, 6) is -4.48. The zero-order valence-corrected chi connectivity index (χ0v) is 17.0. The third-order valence-electron chi connectivity index (χ3n) is 3.75. The first-order valence-corrected chi connectivity index (χ1v) is 8.89. The first kappa shape index (κ1) is 21.8. The van der Waals surface area contributed by atoms with E-state index in [-0.39, 0.29) is 31.4 Å². The van der Waals surface area contributed by atoms with Gasteiger partial charge < -0.3 is 31.5 Å². The van der Waals surface area contributed by atoms with Gasteiger partial charge in [-0.25, -0.2) is 4.39 Å². The summed E-state index contributed by atoms with van der Waals surface area (Å²) >= 11 is 6.32. The van der Waals surface area contributed by atoms with Crippen LogP contribution in [0.4, 0.5) is 15.8 Å². The van der Waals surface area contributed by atoms with Crippen molar-refractivity contribution in [3.05, 3.63) is 55.7 Å². The van der Waals surface area contributed by atoms with Gasteiger partial charge in [-0.15, -0.1) is 0 Å². The molecular weight excluding hydrogens is 490 g/mol. The summed E-state index contributed by atoms with van der Waals surface area (Å²) in [6.45, 7) is 1.64. The van der Waals surface area contributed by atoms with Crippen molar-refractivity contribution in [3.8, 4) is 0 Å². The SMILES string of the molecule is [B]C(O)(O)C(O)(O)Nc1cc(Br)c(C(=O)c2cc(F)ccc2C)c(Br)c1N. The van der Waals surface area contributed by atoms with Gasteiger partial charge in [0.25, 0.3) is 5.91 Å². The number of benzene rings is 2. The molecule has 0 amide bonds. The molecule has 0 atom stereocenters. The molecule has 0 fully saturated rings. The lowest BCUT2D eigenvalue weighted by molar-refractivity contribution is -0.299.